The molecule has 1 saturated heterocycles. The number of halogens is 2. The summed E-state index contributed by atoms with van der Waals surface area (Å²) in [5.41, 5.74) is -0.00700. The largest absolute Gasteiger partial charge is 0.435 e. The highest BCUT2D eigenvalue weighted by Crippen LogP contribution is 2.23. The van der Waals surface area contributed by atoms with Crippen molar-refractivity contribution in [3.05, 3.63) is 29.8 Å². The summed E-state index contributed by atoms with van der Waals surface area (Å²) in [5.74, 6) is -2.74. The molecule has 3 amide bonds. The number of benzene rings is 1. The molecule has 2 atom stereocenters. The van der Waals surface area contributed by atoms with E-state index in [4.69, 9.17) is 4.74 Å². The molecule has 0 aromatic heterocycles. The van der Waals surface area contributed by atoms with Gasteiger partial charge in [-0.3, -0.25) is 9.59 Å². The van der Waals surface area contributed by atoms with Gasteiger partial charge >= 0.3 is 12.6 Å². The molecule has 1 aromatic carbocycles. The van der Waals surface area contributed by atoms with Gasteiger partial charge in [-0.1, -0.05) is 18.2 Å². The second-order valence-electron chi connectivity index (χ2n) is 8.06. The lowest BCUT2D eigenvalue weighted by Crippen LogP contribution is -2.57. The summed E-state index contributed by atoms with van der Waals surface area (Å²) in [4.78, 5) is 38.9. The average Bonchev–Trinajstić information content (AvgIpc) is 3.18. The first kappa shape index (κ1) is 25.8. The highest BCUT2D eigenvalue weighted by molar-refractivity contribution is 7.90. The Kier molecular flexibility index (Phi) is 8.78. The van der Waals surface area contributed by atoms with Gasteiger partial charge in [-0.25, -0.2) is 13.2 Å². The SMILES string of the molecule is O=C1CCCC1NC(=O)[C@H](CS(=O)(=O)Cc1ccccc1OC(F)F)NC(=O)N1CCOCC1. The second-order valence-corrected chi connectivity index (χ2v) is 10.2. The van der Waals surface area contributed by atoms with Crippen LogP contribution in [0.4, 0.5) is 13.6 Å². The third-order valence-electron chi connectivity index (χ3n) is 5.52. The molecule has 1 heterocycles. The quantitative estimate of drug-likeness (QED) is 0.511. The third kappa shape index (κ3) is 7.35. The van der Waals surface area contributed by atoms with E-state index < -0.39 is 52.0 Å². The fourth-order valence-corrected chi connectivity index (χ4v) is 5.39. The van der Waals surface area contributed by atoms with Crippen molar-refractivity contribution < 1.29 is 41.1 Å². The number of carbonyl (C=O) groups excluding carboxylic acids is 3. The van der Waals surface area contributed by atoms with Crippen LogP contribution in [-0.2, 0) is 29.9 Å². The highest BCUT2D eigenvalue weighted by atomic mass is 32.2. The molecule has 1 aliphatic carbocycles. The third-order valence-corrected chi connectivity index (χ3v) is 7.11. The van der Waals surface area contributed by atoms with Crippen molar-refractivity contribution in [3.63, 3.8) is 0 Å². The minimum absolute atomic E-state index is 0.00700. The standard InChI is InChI=1S/C21H27F2N3O7S/c22-20(23)33-18-7-2-1-4-14(18)12-34(30,31)13-16(19(28)24-15-5-3-6-17(15)27)25-21(29)26-8-10-32-11-9-26/h1-2,4,7,15-16,20H,3,5-6,8-13H2,(H,24,28)(H,25,29)/t15?,16-/m0/s1. The fraction of sp³-hybridized carbons (Fsp3) is 0.571. The number of Topliss-reactive ketones (excluding diaryl/α,β-unsaturated/α-hetero) is 1. The lowest BCUT2D eigenvalue weighted by molar-refractivity contribution is -0.127. The van der Waals surface area contributed by atoms with Crippen molar-refractivity contribution in [2.24, 2.45) is 0 Å². The fourth-order valence-electron chi connectivity index (χ4n) is 3.81. The van der Waals surface area contributed by atoms with E-state index in [0.29, 0.717) is 32.5 Å². The number of amides is 3. The molecule has 2 N–H and O–H groups in total. The molecule has 10 nitrogen and oxygen atoms in total. The Bertz CT molecular complexity index is 1000. The number of nitrogens with zero attached hydrogens (tertiary/aromatic N) is 1. The Hall–Kier alpha value is -2.80. The van der Waals surface area contributed by atoms with Crippen LogP contribution >= 0.6 is 0 Å². The van der Waals surface area contributed by atoms with E-state index in [9.17, 15) is 31.6 Å². The van der Waals surface area contributed by atoms with Gasteiger partial charge in [-0.05, 0) is 18.9 Å². The zero-order valence-electron chi connectivity index (χ0n) is 18.4. The maximum atomic E-state index is 12.9. The molecular formula is C21H27F2N3O7S. The molecule has 2 fully saturated rings. The van der Waals surface area contributed by atoms with Gasteiger partial charge in [-0.15, -0.1) is 0 Å². The molecule has 0 bridgehead atoms. The number of hydrogen-bond acceptors (Lipinski definition) is 7. The van der Waals surface area contributed by atoms with E-state index in [1.807, 2.05) is 0 Å². The van der Waals surface area contributed by atoms with Gasteiger partial charge in [0, 0.05) is 25.1 Å². The van der Waals surface area contributed by atoms with E-state index in [1.54, 1.807) is 0 Å². The van der Waals surface area contributed by atoms with Gasteiger partial charge in [0.05, 0.1) is 30.8 Å². The minimum Gasteiger partial charge on any atom is -0.435 e. The van der Waals surface area contributed by atoms with Gasteiger partial charge in [0.2, 0.25) is 5.91 Å². The first-order valence-electron chi connectivity index (χ1n) is 10.8. The number of ether oxygens (including phenoxy) is 2. The predicted octanol–water partition coefficient (Wildman–Crippen LogP) is 0.851. The second kappa shape index (κ2) is 11.6. The maximum absolute atomic E-state index is 12.9. The Labute approximate surface area is 195 Å². The van der Waals surface area contributed by atoms with Crippen molar-refractivity contribution >= 4 is 27.6 Å². The number of carbonyl (C=O) groups is 3. The lowest BCUT2D eigenvalue weighted by atomic mass is 10.2. The van der Waals surface area contributed by atoms with Gasteiger partial charge in [0.25, 0.3) is 0 Å². The average molecular weight is 504 g/mol. The van der Waals surface area contributed by atoms with Crippen molar-refractivity contribution in [1.29, 1.82) is 0 Å². The molecular weight excluding hydrogens is 476 g/mol. The van der Waals surface area contributed by atoms with Crippen LogP contribution in [0.15, 0.2) is 24.3 Å². The maximum Gasteiger partial charge on any atom is 0.387 e. The van der Waals surface area contributed by atoms with Crippen molar-refractivity contribution in [2.45, 2.75) is 43.7 Å². The van der Waals surface area contributed by atoms with Crippen molar-refractivity contribution in [1.82, 2.24) is 15.5 Å². The van der Waals surface area contributed by atoms with E-state index in [1.165, 1.54) is 29.2 Å². The number of alkyl halides is 2. The first-order valence-corrected chi connectivity index (χ1v) is 12.7. The lowest BCUT2D eigenvalue weighted by Gasteiger charge is -2.29. The number of sulfone groups is 1. The number of rotatable bonds is 9. The topological polar surface area (TPSA) is 131 Å². The molecule has 34 heavy (non-hydrogen) atoms. The van der Waals surface area contributed by atoms with Crippen LogP contribution in [0, 0.1) is 0 Å². The number of hydrogen-bond donors (Lipinski definition) is 2. The first-order chi connectivity index (χ1) is 16.1. The summed E-state index contributed by atoms with van der Waals surface area (Å²) < 4.78 is 60.8. The number of morpholine rings is 1. The molecule has 1 aliphatic heterocycles. The normalized spacial score (nSPS) is 19.7. The number of nitrogens with one attached hydrogen (secondary N) is 2. The molecule has 13 heteroatoms. The number of para-hydroxylation sites is 1. The van der Waals surface area contributed by atoms with Crippen LogP contribution in [0.25, 0.3) is 0 Å². The number of urea groups is 1. The van der Waals surface area contributed by atoms with Crippen LogP contribution in [0.3, 0.4) is 0 Å². The molecule has 3 rings (SSSR count). The predicted molar refractivity (Wildman–Crippen MR) is 116 cm³/mol. The van der Waals surface area contributed by atoms with E-state index in [-0.39, 0.29) is 30.2 Å². The van der Waals surface area contributed by atoms with Crippen molar-refractivity contribution in [2.75, 3.05) is 32.1 Å². The smallest absolute Gasteiger partial charge is 0.387 e. The van der Waals surface area contributed by atoms with E-state index in [0.717, 1.165) is 0 Å². The Balaban J connectivity index is 1.75. The Morgan fingerprint density at radius 1 is 1.21 bits per heavy atom. The van der Waals surface area contributed by atoms with Gasteiger partial charge < -0.3 is 25.0 Å². The van der Waals surface area contributed by atoms with Crippen molar-refractivity contribution in [3.8, 4) is 5.75 Å². The Morgan fingerprint density at radius 3 is 2.56 bits per heavy atom. The summed E-state index contributed by atoms with van der Waals surface area (Å²) in [5, 5.41) is 4.97. The molecule has 1 saturated carbocycles. The van der Waals surface area contributed by atoms with Gasteiger partial charge in [-0.2, -0.15) is 8.78 Å². The summed E-state index contributed by atoms with van der Waals surface area (Å²) in [6, 6.07) is 2.57. The van der Waals surface area contributed by atoms with Crippen LogP contribution in [-0.4, -0.2) is 81.8 Å². The summed E-state index contributed by atoms with van der Waals surface area (Å²) in [7, 11) is -4.09. The van der Waals surface area contributed by atoms with E-state index >= 15 is 0 Å². The molecule has 2 aliphatic rings. The molecule has 0 radical (unpaired) electrons. The van der Waals surface area contributed by atoms with Gasteiger partial charge in [0.1, 0.15) is 11.8 Å². The summed E-state index contributed by atoms with van der Waals surface area (Å²) in [6.07, 6.45) is 1.35. The van der Waals surface area contributed by atoms with Crippen LogP contribution in [0.1, 0.15) is 24.8 Å². The van der Waals surface area contributed by atoms with Crippen LogP contribution < -0.4 is 15.4 Å². The minimum atomic E-state index is -4.09. The Morgan fingerprint density at radius 2 is 1.91 bits per heavy atom. The molecule has 1 aromatic rings. The van der Waals surface area contributed by atoms with E-state index in [2.05, 4.69) is 15.4 Å². The highest BCUT2D eigenvalue weighted by Gasteiger charge is 2.33. The summed E-state index contributed by atoms with van der Waals surface area (Å²) in [6.45, 7) is -1.99. The molecule has 1 unspecified atom stereocenters. The zero-order valence-corrected chi connectivity index (χ0v) is 19.2. The zero-order chi connectivity index (χ0) is 24.7. The van der Waals surface area contributed by atoms with Gasteiger partial charge in [0.15, 0.2) is 15.6 Å². The van der Waals surface area contributed by atoms with Crippen LogP contribution in [0.5, 0.6) is 5.75 Å². The summed E-state index contributed by atoms with van der Waals surface area (Å²) >= 11 is 0. The molecule has 0 spiro atoms. The number of ketones is 1. The van der Waals surface area contributed by atoms with Crippen LogP contribution in [0.2, 0.25) is 0 Å². The molecule has 188 valence electrons. The monoisotopic (exact) mass is 503 g/mol.